The van der Waals surface area contributed by atoms with Crippen molar-refractivity contribution < 1.29 is 4.74 Å². The number of fused-ring (bicyclic) bond motifs is 1. The van der Waals surface area contributed by atoms with Crippen molar-refractivity contribution in [2.45, 2.75) is 33.5 Å². The van der Waals surface area contributed by atoms with E-state index in [1.165, 1.54) is 10.8 Å². The van der Waals surface area contributed by atoms with Crippen LogP contribution in [0.4, 0.5) is 0 Å². The highest BCUT2D eigenvalue weighted by Gasteiger charge is 2.05. The van der Waals surface area contributed by atoms with Gasteiger partial charge in [0.2, 0.25) is 0 Å². The first-order valence-corrected chi connectivity index (χ1v) is 7.94. The van der Waals surface area contributed by atoms with E-state index in [1.54, 1.807) is 0 Å². The first-order valence-electron chi connectivity index (χ1n) is 7.94. The summed E-state index contributed by atoms with van der Waals surface area (Å²) >= 11 is 0. The number of pyridine rings is 1. The Labute approximate surface area is 135 Å². The number of H-pyrrole nitrogens is 1. The SMILES string of the molecule is CCc1cc(COCc2ccc3ccccc3c2)c(=O)[nH]c1C. The number of aromatic nitrogens is 1. The van der Waals surface area contributed by atoms with Gasteiger partial charge in [0.25, 0.3) is 5.56 Å². The highest BCUT2D eigenvalue weighted by Crippen LogP contribution is 2.16. The summed E-state index contributed by atoms with van der Waals surface area (Å²) < 4.78 is 5.75. The molecule has 3 heteroatoms. The van der Waals surface area contributed by atoms with Gasteiger partial charge in [0, 0.05) is 11.3 Å². The number of aromatic amines is 1. The third kappa shape index (κ3) is 3.51. The molecule has 0 saturated carbocycles. The number of rotatable bonds is 5. The molecule has 0 spiro atoms. The molecule has 0 aliphatic heterocycles. The molecule has 3 nitrogen and oxygen atoms in total. The van der Waals surface area contributed by atoms with E-state index in [1.807, 2.05) is 25.1 Å². The maximum Gasteiger partial charge on any atom is 0.253 e. The van der Waals surface area contributed by atoms with Gasteiger partial charge in [-0.25, -0.2) is 0 Å². The van der Waals surface area contributed by atoms with E-state index in [0.29, 0.717) is 18.8 Å². The number of benzene rings is 2. The molecule has 3 aromatic rings. The minimum atomic E-state index is -0.0572. The van der Waals surface area contributed by atoms with Gasteiger partial charge in [-0.2, -0.15) is 0 Å². The predicted octanol–water partition coefficient (Wildman–Crippen LogP) is 4.12. The van der Waals surface area contributed by atoms with Crippen molar-refractivity contribution in [2.24, 2.45) is 0 Å². The molecule has 0 atom stereocenters. The largest absolute Gasteiger partial charge is 0.372 e. The molecule has 0 amide bonds. The molecule has 118 valence electrons. The van der Waals surface area contributed by atoms with E-state index in [2.05, 4.69) is 42.2 Å². The second-order valence-electron chi connectivity index (χ2n) is 5.80. The molecular formula is C20H21NO2. The van der Waals surface area contributed by atoms with E-state index in [9.17, 15) is 4.79 Å². The second kappa shape index (κ2) is 6.80. The van der Waals surface area contributed by atoms with Crippen LogP contribution in [0.25, 0.3) is 10.8 Å². The summed E-state index contributed by atoms with van der Waals surface area (Å²) in [6.45, 7) is 4.84. The minimum absolute atomic E-state index is 0.0572. The Balaban J connectivity index is 1.70. The van der Waals surface area contributed by atoms with E-state index < -0.39 is 0 Å². The van der Waals surface area contributed by atoms with Crippen molar-refractivity contribution >= 4 is 10.8 Å². The van der Waals surface area contributed by atoms with Crippen LogP contribution in [0.15, 0.2) is 53.3 Å². The molecule has 0 bridgehead atoms. The van der Waals surface area contributed by atoms with E-state index >= 15 is 0 Å². The summed E-state index contributed by atoms with van der Waals surface area (Å²) in [6.07, 6.45) is 0.903. The van der Waals surface area contributed by atoms with Crippen molar-refractivity contribution in [1.82, 2.24) is 4.98 Å². The van der Waals surface area contributed by atoms with Crippen LogP contribution in [0.5, 0.6) is 0 Å². The maximum absolute atomic E-state index is 12.0. The van der Waals surface area contributed by atoms with Crippen molar-refractivity contribution in [1.29, 1.82) is 0 Å². The van der Waals surface area contributed by atoms with Gasteiger partial charge < -0.3 is 9.72 Å². The summed E-state index contributed by atoms with van der Waals surface area (Å²) in [4.78, 5) is 14.9. The molecule has 0 unspecified atom stereocenters. The molecule has 3 rings (SSSR count). The van der Waals surface area contributed by atoms with Gasteiger partial charge in [0.05, 0.1) is 13.2 Å². The molecule has 1 aromatic heterocycles. The number of aryl methyl sites for hydroxylation is 2. The van der Waals surface area contributed by atoms with Crippen LogP contribution >= 0.6 is 0 Å². The van der Waals surface area contributed by atoms with Crippen LogP contribution in [-0.2, 0) is 24.4 Å². The van der Waals surface area contributed by atoms with Gasteiger partial charge in [-0.05, 0) is 47.4 Å². The Morgan fingerprint density at radius 2 is 1.74 bits per heavy atom. The number of hydrogen-bond acceptors (Lipinski definition) is 2. The van der Waals surface area contributed by atoms with Crippen LogP contribution in [0.2, 0.25) is 0 Å². The van der Waals surface area contributed by atoms with E-state index in [-0.39, 0.29) is 5.56 Å². The quantitative estimate of drug-likeness (QED) is 0.770. The Hall–Kier alpha value is -2.39. The number of ether oxygens (including phenoxy) is 1. The smallest absolute Gasteiger partial charge is 0.253 e. The molecule has 2 aromatic carbocycles. The summed E-state index contributed by atoms with van der Waals surface area (Å²) in [6, 6.07) is 16.5. The zero-order valence-electron chi connectivity index (χ0n) is 13.6. The third-order valence-corrected chi connectivity index (χ3v) is 4.14. The highest BCUT2D eigenvalue weighted by molar-refractivity contribution is 5.82. The summed E-state index contributed by atoms with van der Waals surface area (Å²) in [5.74, 6) is 0. The monoisotopic (exact) mass is 307 g/mol. The highest BCUT2D eigenvalue weighted by atomic mass is 16.5. The zero-order chi connectivity index (χ0) is 16.2. The lowest BCUT2D eigenvalue weighted by Crippen LogP contribution is -2.16. The van der Waals surface area contributed by atoms with E-state index in [4.69, 9.17) is 4.74 Å². The lowest BCUT2D eigenvalue weighted by atomic mass is 10.1. The van der Waals surface area contributed by atoms with Crippen LogP contribution in [0.1, 0.15) is 29.3 Å². The fourth-order valence-electron chi connectivity index (χ4n) is 2.80. The minimum Gasteiger partial charge on any atom is -0.372 e. The molecular weight excluding hydrogens is 286 g/mol. The van der Waals surface area contributed by atoms with Gasteiger partial charge in [0.1, 0.15) is 0 Å². The summed E-state index contributed by atoms with van der Waals surface area (Å²) in [7, 11) is 0. The topological polar surface area (TPSA) is 42.1 Å². The molecule has 1 N–H and O–H groups in total. The number of nitrogens with one attached hydrogen (secondary N) is 1. The van der Waals surface area contributed by atoms with Crippen molar-refractivity contribution in [2.75, 3.05) is 0 Å². The second-order valence-corrected chi connectivity index (χ2v) is 5.80. The van der Waals surface area contributed by atoms with Gasteiger partial charge in [-0.1, -0.05) is 43.3 Å². The lowest BCUT2D eigenvalue weighted by Gasteiger charge is -2.08. The molecule has 0 aliphatic carbocycles. The average molecular weight is 307 g/mol. The summed E-state index contributed by atoms with van der Waals surface area (Å²) in [5.41, 5.74) is 3.85. The lowest BCUT2D eigenvalue weighted by molar-refractivity contribution is 0.106. The molecule has 0 saturated heterocycles. The van der Waals surface area contributed by atoms with Crippen molar-refractivity contribution in [3.63, 3.8) is 0 Å². The molecule has 0 aliphatic rings. The third-order valence-electron chi connectivity index (χ3n) is 4.14. The normalized spacial score (nSPS) is 11.0. The van der Waals surface area contributed by atoms with Crippen LogP contribution < -0.4 is 5.56 Å². The predicted molar refractivity (Wildman–Crippen MR) is 93.6 cm³/mol. The Kier molecular flexibility index (Phi) is 4.58. The average Bonchev–Trinajstić information content (AvgIpc) is 2.56. The number of hydrogen-bond donors (Lipinski definition) is 1. The molecule has 0 fully saturated rings. The first-order chi connectivity index (χ1) is 11.2. The van der Waals surface area contributed by atoms with Crippen molar-refractivity contribution in [3.8, 4) is 0 Å². The fraction of sp³-hybridized carbons (Fsp3) is 0.250. The van der Waals surface area contributed by atoms with E-state index in [0.717, 1.165) is 23.2 Å². The standard InChI is InChI=1S/C20H21NO2/c1-3-16-11-19(20(22)21-14(16)2)13-23-12-15-8-9-17-6-4-5-7-18(17)10-15/h4-11H,3,12-13H2,1-2H3,(H,21,22). The van der Waals surface area contributed by atoms with Crippen LogP contribution in [-0.4, -0.2) is 4.98 Å². The van der Waals surface area contributed by atoms with Gasteiger partial charge in [-0.3, -0.25) is 4.79 Å². The molecule has 1 heterocycles. The van der Waals surface area contributed by atoms with Crippen LogP contribution in [0.3, 0.4) is 0 Å². The maximum atomic E-state index is 12.0. The molecule has 23 heavy (non-hydrogen) atoms. The first kappa shape index (κ1) is 15.5. The Morgan fingerprint density at radius 1 is 0.957 bits per heavy atom. The summed E-state index contributed by atoms with van der Waals surface area (Å²) in [5, 5.41) is 2.42. The van der Waals surface area contributed by atoms with Gasteiger partial charge >= 0.3 is 0 Å². The Bertz CT molecular complexity index is 880. The van der Waals surface area contributed by atoms with Gasteiger partial charge in [-0.15, -0.1) is 0 Å². The fourth-order valence-corrected chi connectivity index (χ4v) is 2.80. The Morgan fingerprint density at radius 3 is 2.52 bits per heavy atom. The van der Waals surface area contributed by atoms with Crippen molar-refractivity contribution in [3.05, 3.63) is 81.3 Å². The van der Waals surface area contributed by atoms with Gasteiger partial charge in [0.15, 0.2) is 0 Å². The zero-order valence-corrected chi connectivity index (χ0v) is 13.6. The molecule has 0 radical (unpaired) electrons. The van der Waals surface area contributed by atoms with Crippen LogP contribution in [0, 0.1) is 6.92 Å².